The topological polar surface area (TPSA) is 35.5 Å². The Kier molecular flexibility index (Phi) is 3.81. The minimum Gasteiger partial charge on any atom is -0.379 e. The van der Waals surface area contributed by atoms with E-state index in [-0.39, 0.29) is 6.10 Å². The predicted octanol–water partition coefficient (Wildman–Crippen LogP) is 2.77. The highest BCUT2D eigenvalue weighted by atomic mass is 16.6. The Hall–Kier alpha value is -1.71. The first-order valence-corrected chi connectivity index (χ1v) is 6.98. The molecule has 3 heteroatoms. The largest absolute Gasteiger partial charge is 0.379 e. The molecule has 2 aliphatic rings. The molecule has 1 saturated heterocycles. The molecule has 1 aliphatic carbocycles. The van der Waals surface area contributed by atoms with E-state index in [1.165, 1.54) is 0 Å². The van der Waals surface area contributed by atoms with Crippen molar-refractivity contribution in [1.29, 1.82) is 0 Å². The zero-order chi connectivity index (χ0) is 13.8. The molecule has 1 aliphatic heterocycles. The van der Waals surface area contributed by atoms with E-state index in [9.17, 15) is 4.79 Å². The normalized spacial score (nSPS) is 29.2. The summed E-state index contributed by atoms with van der Waals surface area (Å²) in [6, 6.07) is 10.1. The second-order valence-electron chi connectivity index (χ2n) is 5.24. The molecule has 104 valence electrons. The Morgan fingerprint density at radius 2 is 2.15 bits per heavy atom. The van der Waals surface area contributed by atoms with Gasteiger partial charge in [-0.1, -0.05) is 42.5 Å². The number of allylic oxidation sites excluding steroid dienone is 2. The Labute approximate surface area is 118 Å². The minimum absolute atomic E-state index is 0.0246. The van der Waals surface area contributed by atoms with Gasteiger partial charge in [0.05, 0.1) is 12.7 Å². The van der Waals surface area contributed by atoms with Crippen LogP contribution in [0.5, 0.6) is 0 Å². The number of hydrogen-bond donors (Lipinski definition) is 0. The summed E-state index contributed by atoms with van der Waals surface area (Å²) in [5.41, 5.74) is 1.47. The number of carbonyl (C=O) groups is 1. The number of rotatable bonds is 4. The van der Waals surface area contributed by atoms with E-state index in [1.54, 1.807) is 0 Å². The lowest BCUT2D eigenvalue weighted by atomic mass is 9.90. The van der Waals surface area contributed by atoms with Crippen molar-refractivity contribution in [3.05, 3.63) is 54.1 Å². The maximum absolute atomic E-state index is 11.5. The van der Waals surface area contributed by atoms with Gasteiger partial charge < -0.3 is 9.47 Å². The highest BCUT2D eigenvalue weighted by molar-refractivity contribution is 5.79. The van der Waals surface area contributed by atoms with Crippen molar-refractivity contribution in [2.45, 2.75) is 24.5 Å². The molecule has 3 nitrogen and oxygen atoms in total. The first-order chi connectivity index (χ1) is 9.81. The van der Waals surface area contributed by atoms with Crippen LogP contribution in [0.4, 0.5) is 0 Å². The fraction of sp³-hybridized carbons (Fsp3) is 0.353. The van der Waals surface area contributed by atoms with Gasteiger partial charge in [-0.05, 0) is 23.6 Å². The second kappa shape index (κ2) is 5.73. The molecule has 0 radical (unpaired) electrons. The number of carbonyl (C=O) groups excluding carboxylic acids is 1. The van der Waals surface area contributed by atoms with Gasteiger partial charge in [-0.3, -0.25) is 4.79 Å². The molecular weight excluding hydrogens is 252 g/mol. The molecule has 0 aromatic heterocycles. The fourth-order valence-corrected chi connectivity index (χ4v) is 2.60. The molecule has 0 spiro atoms. The van der Waals surface area contributed by atoms with E-state index in [4.69, 9.17) is 9.47 Å². The standard InChI is InChI=1S/C17H18O3/c18-13-17(20-16-8-11-19-12-16)9-6-15(7-10-17)14-4-2-1-3-5-14/h1-7,9,13,16H,8,10-12H2. The molecule has 0 amide bonds. The van der Waals surface area contributed by atoms with E-state index in [0.717, 1.165) is 23.8 Å². The summed E-state index contributed by atoms with van der Waals surface area (Å²) < 4.78 is 11.2. The average Bonchev–Trinajstić information content (AvgIpc) is 3.02. The van der Waals surface area contributed by atoms with E-state index in [1.807, 2.05) is 30.4 Å². The van der Waals surface area contributed by atoms with Gasteiger partial charge in [-0.25, -0.2) is 0 Å². The Balaban J connectivity index is 1.73. The monoisotopic (exact) mass is 270 g/mol. The molecular formula is C17H18O3. The fourth-order valence-electron chi connectivity index (χ4n) is 2.60. The summed E-state index contributed by atoms with van der Waals surface area (Å²) in [5.74, 6) is 0. The lowest BCUT2D eigenvalue weighted by molar-refractivity contribution is -0.131. The summed E-state index contributed by atoms with van der Waals surface area (Å²) in [6.07, 6.45) is 8.28. The van der Waals surface area contributed by atoms with Crippen molar-refractivity contribution < 1.29 is 14.3 Å². The maximum atomic E-state index is 11.5. The van der Waals surface area contributed by atoms with Crippen LogP contribution in [0.15, 0.2) is 48.6 Å². The summed E-state index contributed by atoms with van der Waals surface area (Å²) in [7, 11) is 0. The molecule has 3 rings (SSSR count). The van der Waals surface area contributed by atoms with Crippen LogP contribution in [0, 0.1) is 0 Å². The highest BCUT2D eigenvalue weighted by Crippen LogP contribution is 2.30. The molecule has 1 aromatic rings. The van der Waals surface area contributed by atoms with Crippen molar-refractivity contribution >= 4 is 11.9 Å². The molecule has 1 heterocycles. The first kappa shape index (κ1) is 13.3. The summed E-state index contributed by atoms with van der Waals surface area (Å²) in [5, 5.41) is 0. The average molecular weight is 270 g/mol. The van der Waals surface area contributed by atoms with Crippen LogP contribution >= 0.6 is 0 Å². The number of hydrogen-bond acceptors (Lipinski definition) is 3. The van der Waals surface area contributed by atoms with Crippen LogP contribution in [0.2, 0.25) is 0 Å². The number of ether oxygens (including phenoxy) is 2. The van der Waals surface area contributed by atoms with E-state index < -0.39 is 5.60 Å². The van der Waals surface area contributed by atoms with Gasteiger partial charge >= 0.3 is 0 Å². The molecule has 1 aromatic carbocycles. The van der Waals surface area contributed by atoms with Crippen molar-refractivity contribution in [3.63, 3.8) is 0 Å². The second-order valence-corrected chi connectivity index (χ2v) is 5.24. The van der Waals surface area contributed by atoms with Gasteiger partial charge in [0.1, 0.15) is 5.60 Å². The third-order valence-corrected chi connectivity index (χ3v) is 3.77. The van der Waals surface area contributed by atoms with Gasteiger partial charge in [0.25, 0.3) is 0 Å². The Morgan fingerprint density at radius 3 is 2.75 bits per heavy atom. The molecule has 0 bridgehead atoms. The molecule has 0 saturated carbocycles. The van der Waals surface area contributed by atoms with Gasteiger partial charge in [-0.15, -0.1) is 0 Å². The third-order valence-electron chi connectivity index (χ3n) is 3.77. The van der Waals surface area contributed by atoms with Gasteiger partial charge in [0, 0.05) is 13.0 Å². The van der Waals surface area contributed by atoms with Crippen LogP contribution in [0.3, 0.4) is 0 Å². The van der Waals surface area contributed by atoms with Gasteiger partial charge in [0.15, 0.2) is 6.29 Å². The zero-order valence-corrected chi connectivity index (χ0v) is 11.3. The van der Waals surface area contributed by atoms with Crippen LogP contribution in [0.1, 0.15) is 18.4 Å². The molecule has 0 N–H and O–H groups in total. The van der Waals surface area contributed by atoms with Crippen LogP contribution in [0.25, 0.3) is 5.57 Å². The highest BCUT2D eigenvalue weighted by Gasteiger charge is 2.33. The molecule has 1 fully saturated rings. The van der Waals surface area contributed by atoms with Crippen LogP contribution in [-0.4, -0.2) is 31.2 Å². The van der Waals surface area contributed by atoms with Gasteiger partial charge in [0.2, 0.25) is 0 Å². The molecule has 2 atom stereocenters. The number of aldehydes is 1. The first-order valence-electron chi connectivity index (χ1n) is 6.98. The van der Waals surface area contributed by atoms with Crippen molar-refractivity contribution in [3.8, 4) is 0 Å². The SMILES string of the molecule is O=CC1(OC2CCOC2)C=CC(c2ccccc2)=CC1. The van der Waals surface area contributed by atoms with Gasteiger partial charge in [-0.2, -0.15) is 0 Å². The van der Waals surface area contributed by atoms with Crippen molar-refractivity contribution in [1.82, 2.24) is 0 Å². The minimum atomic E-state index is -0.823. The van der Waals surface area contributed by atoms with E-state index in [0.29, 0.717) is 19.6 Å². The lowest BCUT2D eigenvalue weighted by Gasteiger charge is -2.29. The molecule has 2 unspecified atom stereocenters. The number of benzene rings is 1. The summed E-state index contributed by atoms with van der Waals surface area (Å²) in [6.45, 7) is 1.30. The smallest absolute Gasteiger partial charge is 0.156 e. The zero-order valence-electron chi connectivity index (χ0n) is 11.3. The Morgan fingerprint density at radius 1 is 1.30 bits per heavy atom. The lowest BCUT2D eigenvalue weighted by Crippen LogP contribution is -2.37. The van der Waals surface area contributed by atoms with Crippen LogP contribution < -0.4 is 0 Å². The predicted molar refractivity (Wildman–Crippen MR) is 77.3 cm³/mol. The maximum Gasteiger partial charge on any atom is 0.156 e. The van der Waals surface area contributed by atoms with Crippen molar-refractivity contribution in [2.24, 2.45) is 0 Å². The molecule has 20 heavy (non-hydrogen) atoms. The van der Waals surface area contributed by atoms with E-state index >= 15 is 0 Å². The summed E-state index contributed by atoms with van der Waals surface area (Å²) >= 11 is 0. The third kappa shape index (κ3) is 2.74. The summed E-state index contributed by atoms with van der Waals surface area (Å²) in [4.78, 5) is 11.5. The van der Waals surface area contributed by atoms with E-state index in [2.05, 4.69) is 18.2 Å². The quantitative estimate of drug-likeness (QED) is 0.789. The van der Waals surface area contributed by atoms with Crippen molar-refractivity contribution in [2.75, 3.05) is 13.2 Å². The van der Waals surface area contributed by atoms with Crippen LogP contribution in [-0.2, 0) is 14.3 Å². The Bertz CT molecular complexity index is 526.